The number of hydrogen-bond acceptors (Lipinski definition) is 3. The Morgan fingerprint density at radius 1 is 1.18 bits per heavy atom. The van der Waals surface area contributed by atoms with E-state index >= 15 is 0 Å². The molecule has 0 heterocycles. The van der Waals surface area contributed by atoms with E-state index in [4.69, 9.17) is 9.47 Å². The highest BCUT2D eigenvalue weighted by Crippen LogP contribution is 2.26. The van der Waals surface area contributed by atoms with E-state index in [1.807, 2.05) is 12.1 Å². The lowest BCUT2D eigenvalue weighted by molar-refractivity contribution is 0.0147. The Labute approximate surface area is 103 Å². The van der Waals surface area contributed by atoms with Crippen LogP contribution in [0.15, 0.2) is 24.3 Å². The van der Waals surface area contributed by atoms with Crippen LogP contribution in [0.2, 0.25) is 0 Å². The molecule has 0 bridgehead atoms. The predicted molar refractivity (Wildman–Crippen MR) is 68.4 cm³/mol. The van der Waals surface area contributed by atoms with Crippen molar-refractivity contribution < 1.29 is 9.47 Å². The van der Waals surface area contributed by atoms with Gasteiger partial charge in [-0.2, -0.15) is 0 Å². The average molecular weight is 235 g/mol. The van der Waals surface area contributed by atoms with Gasteiger partial charge in [-0.05, 0) is 37.5 Å². The molecule has 2 rings (SSSR count). The van der Waals surface area contributed by atoms with Gasteiger partial charge in [0.2, 0.25) is 0 Å². The fraction of sp³-hybridized carbons (Fsp3) is 0.571. The Kier molecular flexibility index (Phi) is 4.02. The molecule has 0 spiro atoms. The number of nitrogens with one attached hydrogen (secondary N) is 1. The molecule has 1 fully saturated rings. The Hall–Kier alpha value is -1.06. The minimum Gasteiger partial charge on any atom is -0.497 e. The molecular formula is C14H21NO2. The fourth-order valence-corrected chi connectivity index (χ4v) is 2.24. The maximum atomic E-state index is 5.28. The average Bonchev–Trinajstić information content (AvgIpc) is 2.33. The van der Waals surface area contributed by atoms with Crippen LogP contribution in [0.25, 0.3) is 0 Å². The summed E-state index contributed by atoms with van der Waals surface area (Å²) >= 11 is 0. The predicted octanol–water partition coefficient (Wildman–Crippen LogP) is 2.52. The maximum Gasteiger partial charge on any atom is 0.118 e. The Morgan fingerprint density at radius 3 is 2.35 bits per heavy atom. The van der Waals surface area contributed by atoms with Gasteiger partial charge in [-0.3, -0.25) is 0 Å². The molecule has 17 heavy (non-hydrogen) atoms. The van der Waals surface area contributed by atoms with Crippen molar-refractivity contribution >= 4 is 0 Å². The van der Waals surface area contributed by atoms with Crippen LogP contribution < -0.4 is 10.1 Å². The molecule has 0 aromatic heterocycles. The normalized spacial score (nSPS) is 25.1. The van der Waals surface area contributed by atoms with Crippen LogP contribution in [0, 0.1) is 0 Å². The summed E-state index contributed by atoms with van der Waals surface area (Å²) in [5, 5.41) is 3.61. The van der Waals surface area contributed by atoms with Crippen LogP contribution >= 0.6 is 0 Å². The van der Waals surface area contributed by atoms with Crippen LogP contribution in [-0.2, 0) is 4.74 Å². The molecule has 1 aliphatic rings. The van der Waals surface area contributed by atoms with Crippen LogP contribution in [0.1, 0.15) is 31.4 Å². The van der Waals surface area contributed by atoms with Gasteiger partial charge in [0, 0.05) is 19.2 Å². The molecule has 3 nitrogen and oxygen atoms in total. The van der Waals surface area contributed by atoms with E-state index in [-0.39, 0.29) is 0 Å². The van der Waals surface area contributed by atoms with Crippen molar-refractivity contribution in [3.05, 3.63) is 29.8 Å². The molecule has 0 aliphatic heterocycles. The SMILES string of the molecule is COc1ccc([C@@H](C)NC2CC(OC)C2)cc1. The van der Waals surface area contributed by atoms with Crippen molar-refractivity contribution in [2.24, 2.45) is 0 Å². The maximum absolute atomic E-state index is 5.28. The van der Waals surface area contributed by atoms with Crippen molar-refractivity contribution in [2.45, 2.75) is 38.0 Å². The lowest BCUT2D eigenvalue weighted by Gasteiger charge is -2.36. The van der Waals surface area contributed by atoms with E-state index in [2.05, 4.69) is 24.4 Å². The summed E-state index contributed by atoms with van der Waals surface area (Å²) in [6, 6.07) is 9.21. The van der Waals surface area contributed by atoms with Gasteiger partial charge in [0.05, 0.1) is 13.2 Å². The summed E-state index contributed by atoms with van der Waals surface area (Å²) in [4.78, 5) is 0. The second kappa shape index (κ2) is 5.52. The summed E-state index contributed by atoms with van der Waals surface area (Å²) in [5.41, 5.74) is 1.30. The molecule has 0 saturated heterocycles. The third-order valence-electron chi connectivity index (χ3n) is 3.53. The summed E-state index contributed by atoms with van der Waals surface area (Å²) in [7, 11) is 3.48. The lowest BCUT2D eigenvalue weighted by Crippen LogP contribution is -2.45. The number of rotatable bonds is 5. The van der Waals surface area contributed by atoms with E-state index in [0.717, 1.165) is 18.6 Å². The van der Waals surface area contributed by atoms with Gasteiger partial charge in [-0.15, -0.1) is 0 Å². The molecule has 3 heteroatoms. The van der Waals surface area contributed by atoms with Crippen LogP contribution in [0.5, 0.6) is 5.75 Å². The highest BCUT2D eigenvalue weighted by Gasteiger charge is 2.29. The highest BCUT2D eigenvalue weighted by atomic mass is 16.5. The Balaban J connectivity index is 1.84. The number of ether oxygens (including phenoxy) is 2. The van der Waals surface area contributed by atoms with Crippen molar-refractivity contribution in [2.75, 3.05) is 14.2 Å². The molecule has 0 amide bonds. The van der Waals surface area contributed by atoms with Gasteiger partial charge in [-0.25, -0.2) is 0 Å². The third kappa shape index (κ3) is 2.99. The van der Waals surface area contributed by atoms with Gasteiger partial charge in [0.1, 0.15) is 5.75 Å². The first-order chi connectivity index (χ1) is 8.22. The van der Waals surface area contributed by atoms with Gasteiger partial charge in [0.15, 0.2) is 0 Å². The number of methoxy groups -OCH3 is 2. The Bertz CT molecular complexity index is 344. The molecule has 94 valence electrons. The van der Waals surface area contributed by atoms with Crippen molar-refractivity contribution in [1.82, 2.24) is 5.32 Å². The number of benzene rings is 1. The third-order valence-corrected chi connectivity index (χ3v) is 3.53. The highest BCUT2D eigenvalue weighted by molar-refractivity contribution is 5.28. The van der Waals surface area contributed by atoms with E-state index in [1.165, 1.54) is 5.56 Å². The van der Waals surface area contributed by atoms with Crippen molar-refractivity contribution in [3.8, 4) is 5.75 Å². The van der Waals surface area contributed by atoms with E-state index in [9.17, 15) is 0 Å². The first-order valence-electron chi connectivity index (χ1n) is 6.15. The summed E-state index contributed by atoms with van der Waals surface area (Å²) in [6.07, 6.45) is 2.70. The van der Waals surface area contributed by atoms with E-state index < -0.39 is 0 Å². The molecule has 0 radical (unpaired) electrons. The second-order valence-electron chi connectivity index (χ2n) is 4.69. The van der Waals surface area contributed by atoms with Crippen molar-refractivity contribution in [1.29, 1.82) is 0 Å². The molecule has 1 N–H and O–H groups in total. The van der Waals surface area contributed by atoms with Crippen LogP contribution in [0.3, 0.4) is 0 Å². The van der Waals surface area contributed by atoms with Gasteiger partial charge in [0.25, 0.3) is 0 Å². The van der Waals surface area contributed by atoms with Crippen molar-refractivity contribution in [3.63, 3.8) is 0 Å². The van der Waals surface area contributed by atoms with Crippen LogP contribution in [0.4, 0.5) is 0 Å². The van der Waals surface area contributed by atoms with E-state index in [0.29, 0.717) is 18.2 Å². The lowest BCUT2D eigenvalue weighted by atomic mass is 9.88. The standard InChI is InChI=1S/C14H21NO2/c1-10(15-12-8-14(9-12)17-3)11-4-6-13(16-2)7-5-11/h4-7,10,12,14-15H,8-9H2,1-3H3/t10-,12?,14?/m1/s1. The van der Waals surface area contributed by atoms with E-state index in [1.54, 1.807) is 14.2 Å². The molecular weight excluding hydrogens is 214 g/mol. The fourth-order valence-electron chi connectivity index (χ4n) is 2.24. The smallest absolute Gasteiger partial charge is 0.118 e. The monoisotopic (exact) mass is 235 g/mol. The molecule has 1 aromatic carbocycles. The zero-order valence-electron chi connectivity index (χ0n) is 10.8. The zero-order valence-corrected chi connectivity index (χ0v) is 10.8. The summed E-state index contributed by atoms with van der Waals surface area (Å²) in [5.74, 6) is 0.907. The second-order valence-corrected chi connectivity index (χ2v) is 4.69. The first kappa shape index (κ1) is 12.4. The van der Waals surface area contributed by atoms with Crippen LogP contribution in [-0.4, -0.2) is 26.4 Å². The van der Waals surface area contributed by atoms with Gasteiger partial charge < -0.3 is 14.8 Å². The number of hydrogen-bond donors (Lipinski definition) is 1. The topological polar surface area (TPSA) is 30.5 Å². The Morgan fingerprint density at radius 2 is 1.82 bits per heavy atom. The molecule has 1 aliphatic carbocycles. The molecule has 0 unspecified atom stereocenters. The largest absolute Gasteiger partial charge is 0.497 e. The van der Waals surface area contributed by atoms with Gasteiger partial charge in [-0.1, -0.05) is 12.1 Å². The molecule has 1 aromatic rings. The quantitative estimate of drug-likeness (QED) is 0.850. The summed E-state index contributed by atoms with van der Waals surface area (Å²) < 4.78 is 10.4. The van der Waals surface area contributed by atoms with Gasteiger partial charge >= 0.3 is 0 Å². The summed E-state index contributed by atoms with van der Waals surface area (Å²) in [6.45, 7) is 2.20. The zero-order chi connectivity index (χ0) is 12.3. The minimum absolute atomic E-state index is 0.378. The molecule has 1 saturated carbocycles. The molecule has 1 atom stereocenters. The first-order valence-corrected chi connectivity index (χ1v) is 6.15. The minimum atomic E-state index is 0.378.